The molecule has 0 bridgehead atoms. The van der Waals surface area contributed by atoms with Gasteiger partial charge in [0.15, 0.2) is 11.0 Å². The van der Waals surface area contributed by atoms with E-state index in [0.717, 1.165) is 21.7 Å². The first-order valence-corrected chi connectivity index (χ1v) is 7.84. The molecule has 0 fully saturated rings. The lowest BCUT2D eigenvalue weighted by Gasteiger charge is -2.19. The zero-order chi connectivity index (χ0) is 14.9. The molecule has 0 amide bonds. The van der Waals surface area contributed by atoms with Crippen LogP contribution in [0.2, 0.25) is 0 Å². The number of hydrogen-bond donors (Lipinski definition) is 0. The van der Waals surface area contributed by atoms with Gasteiger partial charge in [-0.15, -0.1) is 0 Å². The Balaban J connectivity index is 2.65. The van der Waals surface area contributed by atoms with Gasteiger partial charge < -0.3 is 0 Å². The molecule has 1 aliphatic heterocycles. The van der Waals surface area contributed by atoms with E-state index >= 15 is 0 Å². The molecule has 20 heavy (non-hydrogen) atoms. The first-order chi connectivity index (χ1) is 9.47. The van der Waals surface area contributed by atoms with Gasteiger partial charge >= 0.3 is 0 Å². The molecule has 0 saturated carbocycles. The molecule has 106 valence electrons. The van der Waals surface area contributed by atoms with Crippen molar-refractivity contribution in [2.45, 2.75) is 26.7 Å². The fourth-order valence-corrected chi connectivity index (χ4v) is 3.77. The van der Waals surface area contributed by atoms with E-state index in [-0.39, 0.29) is 5.92 Å². The number of benzene rings is 1. The number of allylic oxidation sites excluding steroid dienone is 4. The predicted octanol–water partition coefficient (Wildman–Crippen LogP) is 4.31. The summed E-state index contributed by atoms with van der Waals surface area (Å²) in [6.45, 7) is 9.99. The third-order valence-corrected chi connectivity index (χ3v) is 5.41. The van der Waals surface area contributed by atoms with Gasteiger partial charge in [0.05, 0.1) is 10.6 Å². The van der Waals surface area contributed by atoms with Crippen LogP contribution in [0.25, 0.3) is 0 Å². The summed E-state index contributed by atoms with van der Waals surface area (Å²) >= 11 is 0. The van der Waals surface area contributed by atoms with Crippen LogP contribution in [0.4, 0.5) is 5.69 Å². The van der Waals surface area contributed by atoms with E-state index in [2.05, 4.69) is 26.5 Å². The molecule has 1 heterocycles. The Labute approximate surface area is 124 Å². The van der Waals surface area contributed by atoms with Crippen molar-refractivity contribution in [1.29, 1.82) is 0 Å². The van der Waals surface area contributed by atoms with E-state index in [9.17, 15) is 4.21 Å². The highest BCUT2D eigenvalue weighted by atomic mass is 32.2. The van der Waals surface area contributed by atoms with Crippen LogP contribution in [0.1, 0.15) is 32.3 Å². The molecule has 0 saturated heterocycles. The van der Waals surface area contributed by atoms with E-state index < -0.39 is 11.0 Å². The number of fused-ring (bicyclic) bond motifs is 1. The molecule has 1 aromatic carbocycles. The molecule has 0 N–H and O–H groups in total. The summed E-state index contributed by atoms with van der Waals surface area (Å²) < 4.78 is 14.7. The van der Waals surface area contributed by atoms with Crippen molar-refractivity contribution < 1.29 is 4.21 Å². The van der Waals surface area contributed by atoms with Crippen LogP contribution in [0.15, 0.2) is 59.0 Å². The van der Waals surface area contributed by atoms with Gasteiger partial charge in [-0.1, -0.05) is 43.4 Å². The van der Waals surface area contributed by atoms with Gasteiger partial charge in [-0.05, 0) is 37.1 Å². The van der Waals surface area contributed by atoms with Crippen LogP contribution < -0.4 is 4.31 Å². The van der Waals surface area contributed by atoms with Crippen LogP contribution in [-0.2, 0) is 11.0 Å². The molecule has 0 spiro atoms. The molecule has 2 rings (SSSR count). The molecule has 0 radical (unpaired) electrons. The van der Waals surface area contributed by atoms with Crippen LogP contribution in [0.3, 0.4) is 0 Å². The van der Waals surface area contributed by atoms with Gasteiger partial charge in [0, 0.05) is 13.0 Å². The smallest absolute Gasteiger partial charge is 0.152 e. The van der Waals surface area contributed by atoms with Crippen molar-refractivity contribution >= 4 is 16.7 Å². The number of nitrogens with zero attached hydrogens (tertiary/aromatic N) is 1. The highest BCUT2D eigenvalue weighted by Gasteiger charge is 2.26. The third kappa shape index (κ3) is 2.50. The summed E-state index contributed by atoms with van der Waals surface area (Å²) in [5.74, 6) is 0.254. The number of anilines is 1. The monoisotopic (exact) mass is 287 g/mol. The second-order valence-corrected chi connectivity index (χ2v) is 6.65. The van der Waals surface area contributed by atoms with Crippen LogP contribution >= 0.6 is 0 Å². The van der Waals surface area contributed by atoms with Gasteiger partial charge in [0.2, 0.25) is 0 Å². The number of para-hydroxylation sites is 1. The average molecular weight is 287 g/mol. The van der Waals surface area contributed by atoms with E-state index in [4.69, 9.17) is 0 Å². The summed E-state index contributed by atoms with van der Waals surface area (Å²) in [6.07, 6.45) is 3.78. The second-order valence-electron chi connectivity index (χ2n) is 5.17. The van der Waals surface area contributed by atoms with Gasteiger partial charge in [0.1, 0.15) is 0 Å². The maximum absolute atomic E-state index is 12.8. The Morgan fingerprint density at radius 3 is 2.70 bits per heavy atom. The van der Waals surface area contributed by atoms with E-state index in [0.29, 0.717) is 0 Å². The first-order valence-electron chi connectivity index (χ1n) is 6.73. The van der Waals surface area contributed by atoms with Crippen molar-refractivity contribution in [3.8, 4) is 0 Å². The summed E-state index contributed by atoms with van der Waals surface area (Å²) in [6, 6.07) is 8.17. The van der Waals surface area contributed by atoms with Crippen molar-refractivity contribution in [1.82, 2.24) is 0 Å². The lowest BCUT2D eigenvalue weighted by molar-refractivity contribution is 0.686. The molecule has 3 heteroatoms. The normalized spacial score (nSPS) is 23.4. The average Bonchev–Trinajstić information content (AvgIpc) is 2.54. The second kappa shape index (κ2) is 5.80. The Morgan fingerprint density at radius 1 is 1.40 bits per heavy atom. The molecule has 1 aromatic rings. The predicted molar refractivity (Wildman–Crippen MR) is 88.1 cm³/mol. The molecule has 1 aliphatic rings. The van der Waals surface area contributed by atoms with Crippen molar-refractivity contribution in [3.63, 3.8) is 0 Å². The zero-order valence-corrected chi connectivity index (χ0v) is 13.3. The Kier molecular flexibility index (Phi) is 4.29. The summed E-state index contributed by atoms with van der Waals surface area (Å²) in [4.78, 5) is 0.883. The standard InChI is InChI=1S/C17H21NOS/c1-6-12(2)11-17-14(4)13(3)15-9-7-8-10-16(15)18(5)20(17)19/h6-11,13H,1H2,2-5H3/b12-11-. The zero-order valence-electron chi connectivity index (χ0n) is 12.5. The topological polar surface area (TPSA) is 20.3 Å². The van der Waals surface area contributed by atoms with Crippen molar-refractivity contribution in [3.05, 3.63) is 64.6 Å². The van der Waals surface area contributed by atoms with Crippen molar-refractivity contribution in [2.75, 3.05) is 11.4 Å². The highest BCUT2D eigenvalue weighted by molar-refractivity contribution is 7.90. The summed E-state index contributed by atoms with van der Waals surface area (Å²) in [7, 11) is 0.701. The van der Waals surface area contributed by atoms with E-state index in [1.165, 1.54) is 5.56 Å². The maximum Gasteiger partial charge on any atom is 0.152 e. The molecule has 2 atom stereocenters. The molecule has 0 aromatic heterocycles. The lowest BCUT2D eigenvalue weighted by Crippen LogP contribution is -2.21. The van der Waals surface area contributed by atoms with Gasteiger partial charge in [-0.2, -0.15) is 0 Å². The van der Waals surface area contributed by atoms with Gasteiger partial charge in [-0.25, -0.2) is 4.21 Å². The summed E-state index contributed by atoms with van der Waals surface area (Å²) in [5.41, 5.74) is 4.44. The Hall–Kier alpha value is -1.61. The van der Waals surface area contributed by atoms with Crippen LogP contribution in [0, 0.1) is 0 Å². The first kappa shape index (κ1) is 14.8. The van der Waals surface area contributed by atoms with E-state index in [1.807, 2.05) is 42.6 Å². The number of rotatable bonds is 2. The third-order valence-electron chi connectivity index (χ3n) is 3.90. The fourth-order valence-electron chi connectivity index (χ4n) is 2.39. The van der Waals surface area contributed by atoms with E-state index in [1.54, 1.807) is 6.08 Å². The lowest BCUT2D eigenvalue weighted by atomic mass is 9.92. The Bertz CT molecular complexity index is 628. The Morgan fingerprint density at radius 2 is 2.05 bits per heavy atom. The molecular formula is C17H21NOS. The molecule has 2 nitrogen and oxygen atoms in total. The minimum absolute atomic E-state index is 0.254. The maximum atomic E-state index is 12.8. The quantitative estimate of drug-likeness (QED) is 0.742. The number of hydrogen-bond acceptors (Lipinski definition) is 1. The van der Waals surface area contributed by atoms with Crippen molar-refractivity contribution in [2.24, 2.45) is 0 Å². The largest absolute Gasteiger partial charge is 0.291 e. The molecule has 0 aliphatic carbocycles. The SMILES string of the molecule is C=C/C(C)=C\C1=C(C)C(C)c2ccccc2N(C)S1=O. The van der Waals surface area contributed by atoms with Gasteiger partial charge in [-0.3, -0.25) is 4.31 Å². The fraction of sp³-hybridized carbons (Fsp3) is 0.294. The summed E-state index contributed by atoms with van der Waals surface area (Å²) in [5, 5.41) is 0. The minimum atomic E-state index is -1.19. The molecule has 2 unspecified atom stereocenters. The molecular weight excluding hydrogens is 266 g/mol. The van der Waals surface area contributed by atoms with Gasteiger partial charge in [0.25, 0.3) is 0 Å². The highest BCUT2D eigenvalue weighted by Crippen LogP contribution is 2.38. The van der Waals surface area contributed by atoms with Crippen LogP contribution in [-0.4, -0.2) is 11.3 Å². The minimum Gasteiger partial charge on any atom is -0.291 e. The van der Waals surface area contributed by atoms with Crippen LogP contribution in [0.5, 0.6) is 0 Å².